The number of nitrogens with one attached hydrogen (secondary N) is 3. The van der Waals surface area contributed by atoms with Crippen LogP contribution in [0, 0.1) is 5.92 Å². The maximum absolute atomic E-state index is 12.6. The Labute approximate surface area is 182 Å². The topological polar surface area (TPSA) is 197 Å². The van der Waals surface area contributed by atoms with Gasteiger partial charge in [-0.15, -0.1) is 0 Å². The summed E-state index contributed by atoms with van der Waals surface area (Å²) in [7, 11) is 0. The van der Waals surface area contributed by atoms with Gasteiger partial charge < -0.3 is 37.6 Å². The lowest BCUT2D eigenvalue weighted by molar-refractivity contribution is -0.143. The molecule has 30 heavy (non-hydrogen) atoms. The zero-order valence-electron chi connectivity index (χ0n) is 17.5. The average molecular weight is 450 g/mol. The summed E-state index contributed by atoms with van der Waals surface area (Å²) in [6.45, 7) is 3.21. The molecular formula is C18H35N5O6S. The molecule has 174 valence electrons. The summed E-state index contributed by atoms with van der Waals surface area (Å²) < 4.78 is 0. The van der Waals surface area contributed by atoms with Crippen molar-refractivity contribution in [3.63, 3.8) is 0 Å². The molecule has 0 aromatic carbocycles. The molecule has 0 saturated heterocycles. The molecule has 0 aliphatic carbocycles. The number of hydrogen-bond donors (Lipinski definition) is 8. The molecule has 5 atom stereocenters. The van der Waals surface area contributed by atoms with Crippen molar-refractivity contribution >= 4 is 36.3 Å². The molecule has 0 radical (unpaired) electrons. The fraction of sp³-hybridized carbons (Fsp3) is 0.778. The number of hydrogen-bond acceptors (Lipinski definition) is 8. The first kappa shape index (κ1) is 28.1. The van der Waals surface area contributed by atoms with Crippen LogP contribution >= 0.6 is 12.6 Å². The monoisotopic (exact) mass is 449 g/mol. The maximum Gasteiger partial charge on any atom is 0.328 e. The number of aliphatic carboxylic acids is 1. The van der Waals surface area contributed by atoms with Gasteiger partial charge in [-0.25, -0.2) is 4.79 Å². The fourth-order valence-corrected chi connectivity index (χ4v) is 2.77. The molecule has 5 unspecified atom stereocenters. The molecule has 0 aliphatic rings. The number of nitrogens with two attached hydrogens (primary N) is 2. The summed E-state index contributed by atoms with van der Waals surface area (Å²) in [4.78, 5) is 48.4. The lowest BCUT2D eigenvalue weighted by Gasteiger charge is -2.27. The van der Waals surface area contributed by atoms with Crippen molar-refractivity contribution in [3.8, 4) is 0 Å². The van der Waals surface area contributed by atoms with Gasteiger partial charge in [0.15, 0.2) is 0 Å². The van der Waals surface area contributed by atoms with Crippen LogP contribution in [0.4, 0.5) is 0 Å². The van der Waals surface area contributed by atoms with Crippen molar-refractivity contribution < 1.29 is 29.4 Å². The predicted molar refractivity (Wildman–Crippen MR) is 115 cm³/mol. The Morgan fingerprint density at radius 1 is 1.00 bits per heavy atom. The zero-order chi connectivity index (χ0) is 23.3. The van der Waals surface area contributed by atoms with E-state index in [9.17, 15) is 19.2 Å². The van der Waals surface area contributed by atoms with Crippen LogP contribution in [0.25, 0.3) is 0 Å². The minimum Gasteiger partial charge on any atom is -0.480 e. The number of aliphatic hydroxyl groups is 1. The van der Waals surface area contributed by atoms with Crippen LogP contribution in [0.2, 0.25) is 0 Å². The number of carboxylic acids is 1. The number of unbranched alkanes of at least 4 members (excludes halogenated alkanes) is 1. The van der Waals surface area contributed by atoms with Crippen LogP contribution in [0.15, 0.2) is 0 Å². The first-order valence-corrected chi connectivity index (χ1v) is 10.6. The quantitative estimate of drug-likeness (QED) is 0.103. The van der Waals surface area contributed by atoms with Gasteiger partial charge >= 0.3 is 5.97 Å². The lowest BCUT2D eigenvalue weighted by Crippen LogP contribution is -2.59. The van der Waals surface area contributed by atoms with E-state index in [1.54, 1.807) is 13.8 Å². The number of aliphatic hydroxyl groups excluding tert-OH is 1. The molecule has 0 saturated carbocycles. The van der Waals surface area contributed by atoms with E-state index >= 15 is 0 Å². The predicted octanol–water partition coefficient (Wildman–Crippen LogP) is -2.05. The van der Waals surface area contributed by atoms with Crippen LogP contribution < -0.4 is 27.4 Å². The average Bonchev–Trinajstić information content (AvgIpc) is 2.72. The van der Waals surface area contributed by atoms with Crippen LogP contribution in [-0.2, 0) is 19.2 Å². The summed E-state index contributed by atoms with van der Waals surface area (Å²) in [6, 6.07) is -4.39. The Hall–Kier alpha value is -1.89. The van der Waals surface area contributed by atoms with E-state index in [1.165, 1.54) is 0 Å². The SMILES string of the molecule is CCC(C)C(NC(=O)C(CS)NC(=O)C(N)CCCCN)C(=O)NC(CO)C(=O)O. The third-order valence-corrected chi connectivity index (χ3v) is 5.08. The molecule has 0 fully saturated rings. The molecule has 0 aromatic rings. The fourth-order valence-electron chi connectivity index (χ4n) is 2.52. The van der Waals surface area contributed by atoms with Gasteiger partial charge in [-0.1, -0.05) is 26.7 Å². The molecule has 3 amide bonds. The maximum atomic E-state index is 12.6. The number of rotatable bonds is 15. The van der Waals surface area contributed by atoms with E-state index in [0.29, 0.717) is 25.8 Å². The number of carbonyl (C=O) groups excluding carboxylic acids is 3. The van der Waals surface area contributed by atoms with Crippen molar-refractivity contribution in [3.05, 3.63) is 0 Å². The number of amides is 3. The molecule has 0 aromatic heterocycles. The highest BCUT2D eigenvalue weighted by molar-refractivity contribution is 7.80. The second-order valence-corrected chi connectivity index (χ2v) is 7.45. The Balaban J connectivity index is 5.11. The number of carboxylic acid groups (broad SMARTS) is 1. The van der Waals surface area contributed by atoms with E-state index in [2.05, 4.69) is 28.6 Å². The Morgan fingerprint density at radius 2 is 1.60 bits per heavy atom. The third-order valence-electron chi connectivity index (χ3n) is 4.71. The second kappa shape index (κ2) is 15.0. The van der Waals surface area contributed by atoms with E-state index in [4.69, 9.17) is 21.7 Å². The lowest BCUT2D eigenvalue weighted by atomic mass is 9.97. The van der Waals surface area contributed by atoms with Crippen LogP contribution in [-0.4, -0.2) is 77.0 Å². The van der Waals surface area contributed by atoms with Gasteiger partial charge in [-0.05, 0) is 25.3 Å². The second-order valence-electron chi connectivity index (χ2n) is 7.09. The molecule has 0 aliphatic heterocycles. The summed E-state index contributed by atoms with van der Waals surface area (Å²) in [6.07, 6.45) is 2.34. The Bertz CT molecular complexity index is 579. The molecular weight excluding hydrogens is 414 g/mol. The summed E-state index contributed by atoms with van der Waals surface area (Å²) in [5.41, 5.74) is 11.2. The van der Waals surface area contributed by atoms with Gasteiger partial charge in [0, 0.05) is 5.75 Å². The molecule has 0 rings (SSSR count). The van der Waals surface area contributed by atoms with Gasteiger partial charge in [0.2, 0.25) is 17.7 Å². The largest absolute Gasteiger partial charge is 0.480 e. The minimum atomic E-state index is -1.49. The minimum absolute atomic E-state index is 0.0314. The first-order chi connectivity index (χ1) is 14.1. The van der Waals surface area contributed by atoms with Gasteiger partial charge in [-0.3, -0.25) is 14.4 Å². The number of carbonyl (C=O) groups is 4. The number of thiol groups is 1. The van der Waals surface area contributed by atoms with Crippen LogP contribution in [0.3, 0.4) is 0 Å². The van der Waals surface area contributed by atoms with Gasteiger partial charge in [0.1, 0.15) is 18.1 Å². The van der Waals surface area contributed by atoms with Gasteiger partial charge in [0.25, 0.3) is 0 Å². The molecule has 0 heterocycles. The molecule has 12 heteroatoms. The molecule has 11 nitrogen and oxygen atoms in total. The highest BCUT2D eigenvalue weighted by Crippen LogP contribution is 2.09. The van der Waals surface area contributed by atoms with Crippen molar-refractivity contribution in [1.29, 1.82) is 0 Å². The Morgan fingerprint density at radius 3 is 2.07 bits per heavy atom. The summed E-state index contributed by atoms with van der Waals surface area (Å²) >= 11 is 4.09. The smallest absolute Gasteiger partial charge is 0.328 e. The van der Waals surface area contributed by atoms with Crippen molar-refractivity contribution in [2.45, 2.75) is 63.7 Å². The van der Waals surface area contributed by atoms with Crippen molar-refractivity contribution in [1.82, 2.24) is 16.0 Å². The van der Waals surface area contributed by atoms with Crippen molar-refractivity contribution in [2.24, 2.45) is 17.4 Å². The zero-order valence-corrected chi connectivity index (χ0v) is 18.4. The standard InChI is InChI=1S/C18H35N5O6S/c1-3-10(2)14(17(27)21-12(8-24)18(28)29)23-16(26)13(9-30)22-15(25)11(20)6-4-5-7-19/h10-14,24,30H,3-9,19-20H2,1-2H3,(H,21,27)(H,22,25)(H,23,26)(H,28,29). The van der Waals surface area contributed by atoms with Crippen LogP contribution in [0.1, 0.15) is 39.5 Å². The first-order valence-electron chi connectivity index (χ1n) is 9.94. The summed E-state index contributed by atoms with van der Waals surface area (Å²) in [5, 5.41) is 25.3. The van der Waals surface area contributed by atoms with E-state index < -0.39 is 54.5 Å². The van der Waals surface area contributed by atoms with E-state index in [1.807, 2.05) is 0 Å². The molecule has 0 spiro atoms. The third kappa shape index (κ3) is 9.74. The highest BCUT2D eigenvalue weighted by Gasteiger charge is 2.32. The Kier molecular flexibility index (Phi) is 14.0. The van der Waals surface area contributed by atoms with Gasteiger partial charge in [-0.2, -0.15) is 12.6 Å². The van der Waals surface area contributed by atoms with E-state index in [-0.39, 0.29) is 11.7 Å². The molecule has 9 N–H and O–H groups in total. The summed E-state index contributed by atoms with van der Waals surface area (Å²) in [5.74, 6) is -3.68. The highest BCUT2D eigenvalue weighted by atomic mass is 32.1. The molecule has 0 bridgehead atoms. The normalized spacial score (nSPS) is 15.9. The van der Waals surface area contributed by atoms with Crippen molar-refractivity contribution in [2.75, 3.05) is 18.9 Å². The van der Waals surface area contributed by atoms with E-state index in [0.717, 1.165) is 6.42 Å². The van der Waals surface area contributed by atoms with Crippen LogP contribution in [0.5, 0.6) is 0 Å². The van der Waals surface area contributed by atoms with Gasteiger partial charge in [0.05, 0.1) is 12.6 Å².